The summed E-state index contributed by atoms with van der Waals surface area (Å²) in [6.45, 7) is 3.93. The predicted molar refractivity (Wildman–Crippen MR) is 124 cm³/mol. The summed E-state index contributed by atoms with van der Waals surface area (Å²) in [7, 11) is 0. The standard InChI is InChI=1S/C25H48O7/c1-19(2)20(27)16-14-12-10-8-6-4-3-5-7-9-11-13-15-17-31-25-24(30)23(29)22(28)21(18-26)32-25/h19,21-26,28-30H,3-18H2,1-2H3/t21-,22-,23+,24-,25-/m1/s1. The van der Waals surface area contributed by atoms with Gasteiger partial charge in [-0.2, -0.15) is 0 Å². The van der Waals surface area contributed by atoms with E-state index in [1.807, 2.05) is 13.8 Å². The van der Waals surface area contributed by atoms with Crippen molar-refractivity contribution >= 4 is 5.78 Å². The van der Waals surface area contributed by atoms with Gasteiger partial charge in [0.2, 0.25) is 0 Å². The minimum absolute atomic E-state index is 0.180. The summed E-state index contributed by atoms with van der Waals surface area (Å²) < 4.78 is 10.8. The van der Waals surface area contributed by atoms with Gasteiger partial charge >= 0.3 is 0 Å². The molecule has 0 amide bonds. The van der Waals surface area contributed by atoms with Crippen LogP contribution in [0.15, 0.2) is 0 Å². The minimum atomic E-state index is -1.38. The molecule has 1 aliphatic heterocycles. The van der Waals surface area contributed by atoms with E-state index in [0.29, 0.717) is 12.4 Å². The summed E-state index contributed by atoms with van der Waals surface area (Å²) in [5, 5.41) is 38.6. The molecular formula is C25H48O7. The lowest BCUT2D eigenvalue weighted by molar-refractivity contribution is -0.301. The van der Waals surface area contributed by atoms with Gasteiger partial charge in [0.15, 0.2) is 6.29 Å². The Hall–Kier alpha value is -0.570. The number of carbonyl (C=O) groups excluding carboxylic acids is 1. The maximum Gasteiger partial charge on any atom is 0.186 e. The molecule has 1 aliphatic rings. The number of hydrogen-bond acceptors (Lipinski definition) is 7. The molecule has 32 heavy (non-hydrogen) atoms. The molecule has 5 atom stereocenters. The molecule has 0 saturated carbocycles. The van der Waals surface area contributed by atoms with Crippen molar-refractivity contribution < 1.29 is 34.7 Å². The second-order valence-corrected chi connectivity index (χ2v) is 9.54. The molecule has 1 saturated heterocycles. The van der Waals surface area contributed by atoms with Gasteiger partial charge in [0, 0.05) is 18.9 Å². The number of aliphatic hydroxyl groups is 4. The van der Waals surface area contributed by atoms with E-state index in [0.717, 1.165) is 32.1 Å². The molecule has 1 heterocycles. The molecular weight excluding hydrogens is 412 g/mol. The zero-order valence-corrected chi connectivity index (χ0v) is 20.3. The van der Waals surface area contributed by atoms with Crippen LogP contribution in [0.3, 0.4) is 0 Å². The van der Waals surface area contributed by atoms with E-state index < -0.39 is 37.3 Å². The first kappa shape index (κ1) is 29.5. The van der Waals surface area contributed by atoms with Crippen molar-refractivity contribution in [2.24, 2.45) is 5.92 Å². The fraction of sp³-hybridized carbons (Fsp3) is 0.960. The van der Waals surface area contributed by atoms with Crippen LogP contribution in [0.2, 0.25) is 0 Å². The van der Waals surface area contributed by atoms with Gasteiger partial charge in [0.05, 0.1) is 6.61 Å². The summed E-state index contributed by atoms with van der Waals surface area (Å²) in [5.41, 5.74) is 0. The summed E-state index contributed by atoms with van der Waals surface area (Å²) in [6.07, 6.45) is 10.2. The van der Waals surface area contributed by atoms with E-state index in [9.17, 15) is 25.2 Å². The van der Waals surface area contributed by atoms with E-state index in [1.165, 1.54) is 57.8 Å². The highest BCUT2D eigenvalue weighted by atomic mass is 16.7. The summed E-state index contributed by atoms with van der Waals surface area (Å²) in [6, 6.07) is 0. The lowest BCUT2D eigenvalue weighted by Gasteiger charge is -2.39. The van der Waals surface area contributed by atoms with Crippen LogP contribution in [-0.2, 0) is 14.3 Å². The third-order valence-electron chi connectivity index (χ3n) is 6.34. The third-order valence-corrected chi connectivity index (χ3v) is 6.34. The van der Waals surface area contributed by atoms with Gasteiger partial charge in [-0.25, -0.2) is 0 Å². The minimum Gasteiger partial charge on any atom is -0.394 e. The zero-order valence-electron chi connectivity index (χ0n) is 20.3. The van der Waals surface area contributed by atoms with Crippen LogP contribution >= 0.6 is 0 Å². The van der Waals surface area contributed by atoms with Crippen LogP contribution in [0.4, 0.5) is 0 Å². The topological polar surface area (TPSA) is 116 Å². The SMILES string of the molecule is CC(C)C(=O)CCCCCCCCCCCCCCCO[C@@H]1O[C@H](CO)[C@@H](O)[C@H](O)[C@H]1O. The van der Waals surface area contributed by atoms with Crippen molar-refractivity contribution in [2.75, 3.05) is 13.2 Å². The molecule has 190 valence electrons. The largest absolute Gasteiger partial charge is 0.394 e. The number of ketones is 1. The molecule has 0 aromatic rings. The van der Waals surface area contributed by atoms with E-state index in [1.54, 1.807) is 0 Å². The molecule has 7 nitrogen and oxygen atoms in total. The average molecular weight is 461 g/mol. The number of ether oxygens (including phenoxy) is 2. The van der Waals surface area contributed by atoms with Crippen molar-refractivity contribution in [2.45, 2.75) is 134 Å². The average Bonchev–Trinajstić information content (AvgIpc) is 2.78. The van der Waals surface area contributed by atoms with E-state index in [-0.39, 0.29) is 5.92 Å². The molecule has 1 fully saturated rings. The summed E-state index contributed by atoms with van der Waals surface area (Å²) >= 11 is 0. The highest BCUT2D eigenvalue weighted by molar-refractivity contribution is 5.80. The second kappa shape index (κ2) is 17.8. The lowest BCUT2D eigenvalue weighted by Crippen LogP contribution is -2.59. The Morgan fingerprint density at radius 1 is 0.750 bits per heavy atom. The number of Topliss-reactive ketones (excluding diaryl/α,β-unsaturated/α-hetero) is 1. The Balaban J connectivity index is 1.86. The van der Waals surface area contributed by atoms with Crippen molar-refractivity contribution in [3.63, 3.8) is 0 Å². The zero-order chi connectivity index (χ0) is 23.8. The number of rotatable bonds is 19. The second-order valence-electron chi connectivity index (χ2n) is 9.54. The van der Waals surface area contributed by atoms with Crippen LogP contribution in [0.1, 0.15) is 104 Å². The molecule has 4 N–H and O–H groups in total. The first-order chi connectivity index (χ1) is 15.4. The Labute approximate surface area is 194 Å². The molecule has 0 aromatic carbocycles. The predicted octanol–water partition coefficient (Wildman–Crippen LogP) is 3.49. The fourth-order valence-electron chi connectivity index (χ4n) is 4.04. The van der Waals surface area contributed by atoms with Gasteiger partial charge in [-0.3, -0.25) is 4.79 Å². The van der Waals surface area contributed by atoms with Gasteiger partial charge in [0.1, 0.15) is 30.2 Å². The van der Waals surface area contributed by atoms with Gasteiger partial charge in [0.25, 0.3) is 0 Å². The lowest BCUT2D eigenvalue weighted by atomic mass is 9.99. The van der Waals surface area contributed by atoms with Gasteiger partial charge in [-0.15, -0.1) is 0 Å². The van der Waals surface area contributed by atoms with Gasteiger partial charge in [-0.1, -0.05) is 84.5 Å². The Morgan fingerprint density at radius 2 is 1.22 bits per heavy atom. The van der Waals surface area contributed by atoms with Crippen LogP contribution in [-0.4, -0.2) is 70.1 Å². The smallest absolute Gasteiger partial charge is 0.186 e. The third kappa shape index (κ3) is 12.1. The van der Waals surface area contributed by atoms with E-state index in [4.69, 9.17) is 9.47 Å². The van der Waals surface area contributed by atoms with E-state index in [2.05, 4.69) is 0 Å². The molecule has 1 rings (SSSR count). The molecule has 0 aromatic heterocycles. The van der Waals surface area contributed by atoms with Crippen LogP contribution in [0.25, 0.3) is 0 Å². The number of aliphatic hydroxyl groups excluding tert-OH is 4. The first-order valence-corrected chi connectivity index (χ1v) is 12.8. The number of carbonyl (C=O) groups is 1. The Kier molecular flexibility index (Phi) is 16.4. The first-order valence-electron chi connectivity index (χ1n) is 12.8. The van der Waals surface area contributed by atoms with Crippen LogP contribution in [0, 0.1) is 5.92 Å². The maximum absolute atomic E-state index is 11.6. The summed E-state index contributed by atoms with van der Waals surface area (Å²) in [4.78, 5) is 11.6. The molecule has 0 unspecified atom stereocenters. The fourth-order valence-corrected chi connectivity index (χ4v) is 4.04. The maximum atomic E-state index is 11.6. The highest BCUT2D eigenvalue weighted by Crippen LogP contribution is 2.22. The Morgan fingerprint density at radius 3 is 1.69 bits per heavy atom. The number of unbranched alkanes of at least 4 members (excludes halogenated alkanes) is 12. The van der Waals surface area contributed by atoms with Crippen LogP contribution < -0.4 is 0 Å². The molecule has 0 spiro atoms. The van der Waals surface area contributed by atoms with Crippen molar-refractivity contribution in [1.29, 1.82) is 0 Å². The molecule has 0 aliphatic carbocycles. The van der Waals surface area contributed by atoms with Gasteiger partial charge < -0.3 is 29.9 Å². The molecule has 7 heteroatoms. The summed E-state index contributed by atoms with van der Waals surface area (Å²) in [5.74, 6) is 0.575. The molecule has 0 radical (unpaired) electrons. The normalized spacial score (nSPS) is 26.0. The Bertz CT molecular complexity index is 469. The highest BCUT2D eigenvalue weighted by Gasteiger charge is 2.43. The number of hydrogen-bond donors (Lipinski definition) is 4. The van der Waals surface area contributed by atoms with Crippen molar-refractivity contribution in [3.05, 3.63) is 0 Å². The monoisotopic (exact) mass is 460 g/mol. The van der Waals surface area contributed by atoms with Crippen molar-refractivity contribution in [3.8, 4) is 0 Å². The quantitative estimate of drug-likeness (QED) is 0.218. The van der Waals surface area contributed by atoms with Crippen LogP contribution in [0.5, 0.6) is 0 Å². The van der Waals surface area contributed by atoms with Crippen molar-refractivity contribution in [1.82, 2.24) is 0 Å². The van der Waals surface area contributed by atoms with Gasteiger partial charge in [-0.05, 0) is 12.8 Å². The molecule has 0 bridgehead atoms. The van der Waals surface area contributed by atoms with E-state index >= 15 is 0 Å².